The summed E-state index contributed by atoms with van der Waals surface area (Å²) in [4.78, 5) is 9.12. The summed E-state index contributed by atoms with van der Waals surface area (Å²) in [7, 11) is 0. The van der Waals surface area contributed by atoms with Crippen LogP contribution < -0.4 is 10.6 Å². The first kappa shape index (κ1) is 15.1. The summed E-state index contributed by atoms with van der Waals surface area (Å²) in [5.41, 5.74) is 0. The standard InChI is InChI=1S/C16H28N4/c1-5-12-8-9-13(11(12)4)18-16-10-15(17-7-3)19-14(6-2)20-16/h10-13H,5-9H2,1-4H3,(H2,17,18,19,20). The summed E-state index contributed by atoms with van der Waals surface area (Å²) < 4.78 is 0. The smallest absolute Gasteiger partial charge is 0.132 e. The Balaban J connectivity index is 2.10. The molecule has 1 aromatic rings. The molecule has 0 bridgehead atoms. The highest BCUT2D eigenvalue weighted by atomic mass is 15.1. The Hall–Kier alpha value is -1.32. The lowest BCUT2D eigenvalue weighted by atomic mass is 9.93. The second-order valence-corrected chi connectivity index (χ2v) is 5.79. The van der Waals surface area contributed by atoms with Gasteiger partial charge in [-0.1, -0.05) is 27.2 Å². The predicted molar refractivity (Wildman–Crippen MR) is 85.2 cm³/mol. The number of rotatable bonds is 6. The topological polar surface area (TPSA) is 49.8 Å². The maximum Gasteiger partial charge on any atom is 0.132 e. The number of anilines is 2. The Morgan fingerprint density at radius 2 is 1.90 bits per heavy atom. The third kappa shape index (κ3) is 3.41. The molecule has 3 unspecified atom stereocenters. The number of hydrogen-bond donors (Lipinski definition) is 2. The molecule has 4 nitrogen and oxygen atoms in total. The van der Waals surface area contributed by atoms with Gasteiger partial charge in [-0.15, -0.1) is 0 Å². The van der Waals surface area contributed by atoms with Crippen LogP contribution in [-0.4, -0.2) is 22.6 Å². The van der Waals surface area contributed by atoms with E-state index in [9.17, 15) is 0 Å². The van der Waals surface area contributed by atoms with E-state index in [1.54, 1.807) is 0 Å². The molecular weight excluding hydrogens is 248 g/mol. The van der Waals surface area contributed by atoms with E-state index in [1.807, 2.05) is 6.07 Å². The quantitative estimate of drug-likeness (QED) is 0.831. The number of hydrogen-bond acceptors (Lipinski definition) is 4. The van der Waals surface area contributed by atoms with Crippen molar-refractivity contribution in [3.05, 3.63) is 11.9 Å². The van der Waals surface area contributed by atoms with E-state index in [0.29, 0.717) is 6.04 Å². The van der Waals surface area contributed by atoms with E-state index < -0.39 is 0 Å². The van der Waals surface area contributed by atoms with E-state index in [2.05, 4.69) is 48.3 Å². The van der Waals surface area contributed by atoms with Gasteiger partial charge in [-0.05, 0) is 31.6 Å². The summed E-state index contributed by atoms with van der Waals surface area (Å²) in [6.07, 6.45) is 4.74. The average Bonchev–Trinajstić information content (AvgIpc) is 2.79. The van der Waals surface area contributed by atoms with Crippen molar-refractivity contribution in [1.29, 1.82) is 0 Å². The van der Waals surface area contributed by atoms with Gasteiger partial charge in [-0.25, -0.2) is 9.97 Å². The number of aryl methyl sites for hydroxylation is 1. The second-order valence-electron chi connectivity index (χ2n) is 5.79. The molecule has 0 aromatic carbocycles. The lowest BCUT2D eigenvalue weighted by molar-refractivity contribution is 0.391. The van der Waals surface area contributed by atoms with Crippen LogP contribution in [0.1, 0.15) is 52.8 Å². The first-order valence-corrected chi connectivity index (χ1v) is 8.06. The van der Waals surface area contributed by atoms with Crippen LogP contribution in [0.15, 0.2) is 6.07 Å². The van der Waals surface area contributed by atoms with Crippen molar-refractivity contribution in [2.75, 3.05) is 17.2 Å². The normalized spacial score (nSPS) is 25.7. The van der Waals surface area contributed by atoms with Crippen molar-refractivity contribution in [2.24, 2.45) is 11.8 Å². The van der Waals surface area contributed by atoms with Gasteiger partial charge in [0.15, 0.2) is 0 Å². The molecule has 20 heavy (non-hydrogen) atoms. The van der Waals surface area contributed by atoms with Gasteiger partial charge in [0.2, 0.25) is 0 Å². The molecule has 0 radical (unpaired) electrons. The molecule has 3 atom stereocenters. The van der Waals surface area contributed by atoms with Crippen molar-refractivity contribution in [3.8, 4) is 0 Å². The summed E-state index contributed by atoms with van der Waals surface area (Å²) in [6.45, 7) is 9.74. The van der Waals surface area contributed by atoms with Gasteiger partial charge in [-0.3, -0.25) is 0 Å². The average molecular weight is 276 g/mol. The first-order valence-electron chi connectivity index (χ1n) is 8.06. The van der Waals surface area contributed by atoms with Gasteiger partial charge in [0.25, 0.3) is 0 Å². The van der Waals surface area contributed by atoms with Gasteiger partial charge in [-0.2, -0.15) is 0 Å². The number of aromatic nitrogens is 2. The summed E-state index contributed by atoms with van der Waals surface area (Å²) >= 11 is 0. The molecule has 0 saturated heterocycles. The van der Waals surface area contributed by atoms with E-state index >= 15 is 0 Å². The largest absolute Gasteiger partial charge is 0.370 e. The molecule has 1 aliphatic carbocycles. The van der Waals surface area contributed by atoms with Crippen molar-refractivity contribution < 1.29 is 0 Å². The summed E-state index contributed by atoms with van der Waals surface area (Å²) in [6, 6.07) is 2.59. The number of nitrogens with one attached hydrogen (secondary N) is 2. The predicted octanol–water partition coefficient (Wildman–Crippen LogP) is 3.71. The lowest BCUT2D eigenvalue weighted by Gasteiger charge is -2.22. The van der Waals surface area contributed by atoms with E-state index in [0.717, 1.165) is 42.3 Å². The van der Waals surface area contributed by atoms with Crippen LogP contribution in [0.25, 0.3) is 0 Å². The minimum Gasteiger partial charge on any atom is -0.370 e. The molecular formula is C16H28N4. The third-order valence-corrected chi connectivity index (χ3v) is 4.53. The zero-order valence-corrected chi connectivity index (χ0v) is 13.2. The molecule has 0 aliphatic heterocycles. The van der Waals surface area contributed by atoms with Gasteiger partial charge >= 0.3 is 0 Å². The Bertz CT molecular complexity index is 432. The molecule has 2 rings (SSSR count). The van der Waals surface area contributed by atoms with Gasteiger partial charge < -0.3 is 10.6 Å². The van der Waals surface area contributed by atoms with E-state index in [4.69, 9.17) is 0 Å². The second kappa shape index (κ2) is 6.91. The molecule has 1 saturated carbocycles. The SMILES string of the molecule is CCNc1cc(NC2CCC(CC)C2C)nc(CC)n1. The third-order valence-electron chi connectivity index (χ3n) is 4.53. The molecule has 1 aromatic heterocycles. The van der Waals surface area contributed by atoms with Crippen LogP contribution in [0.4, 0.5) is 11.6 Å². The zero-order valence-electron chi connectivity index (χ0n) is 13.2. The van der Waals surface area contributed by atoms with E-state index in [1.165, 1.54) is 19.3 Å². The maximum atomic E-state index is 4.62. The van der Waals surface area contributed by atoms with Crippen LogP contribution in [0.5, 0.6) is 0 Å². The molecule has 112 valence electrons. The van der Waals surface area contributed by atoms with Crippen LogP contribution in [0.2, 0.25) is 0 Å². The van der Waals surface area contributed by atoms with Gasteiger partial charge in [0.05, 0.1) is 0 Å². The maximum absolute atomic E-state index is 4.62. The Labute approximate surface area is 122 Å². The van der Waals surface area contributed by atoms with Crippen LogP contribution in [0.3, 0.4) is 0 Å². The fourth-order valence-electron chi connectivity index (χ4n) is 3.22. The van der Waals surface area contributed by atoms with Crippen molar-refractivity contribution in [3.63, 3.8) is 0 Å². The molecule has 2 N–H and O–H groups in total. The minimum absolute atomic E-state index is 0.550. The van der Waals surface area contributed by atoms with Gasteiger partial charge in [0.1, 0.15) is 17.5 Å². The molecule has 0 amide bonds. The Morgan fingerprint density at radius 3 is 2.50 bits per heavy atom. The highest BCUT2D eigenvalue weighted by molar-refractivity contribution is 5.48. The Kier molecular flexibility index (Phi) is 5.21. The molecule has 1 fully saturated rings. The molecule has 1 heterocycles. The molecule has 1 aliphatic rings. The van der Waals surface area contributed by atoms with Crippen molar-refractivity contribution >= 4 is 11.6 Å². The summed E-state index contributed by atoms with van der Waals surface area (Å²) in [5, 5.41) is 6.92. The first-order chi connectivity index (χ1) is 9.67. The fraction of sp³-hybridized carbons (Fsp3) is 0.750. The van der Waals surface area contributed by atoms with Crippen LogP contribution >= 0.6 is 0 Å². The van der Waals surface area contributed by atoms with E-state index in [-0.39, 0.29) is 0 Å². The Morgan fingerprint density at radius 1 is 1.15 bits per heavy atom. The van der Waals surface area contributed by atoms with Crippen LogP contribution in [0, 0.1) is 11.8 Å². The monoisotopic (exact) mass is 276 g/mol. The fourth-order valence-corrected chi connectivity index (χ4v) is 3.22. The highest BCUT2D eigenvalue weighted by Gasteiger charge is 2.31. The van der Waals surface area contributed by atoms with Crippen molar-refractivity contribution in [2.45, 2.75) is 59.4 Å². The molecule has 0 spiro atoms. The highest BCUT2D eigenvalue weighted by Crippen LogP contribution is 2.35. The van der Waals surface area contributed by atoms with Crippen molar-refractivity contribution in [1.82, 2.24) is 9.97 Å². The van der Waals surface area contributed by atoms with Crippen LogP contribution in [-0.2, 0) is 6.42 Å². The van der Waals surface area contributed by atoms with Gasteiger partial charge in [0, 0.05) is 25.1 Å². The number of nitrogens with zero attached hydrogens (tertiary/aromatic N) is 2. The zero-order chi connectivity index (χ0) is 14.5. The minimum atomic E-state index is 0.550. The molecule has 4 heteroatoms. The lowest BCUT2D eigenvalue weighted by Crippen LogP contribution is -2.25. The summed E-state index contributed by atoms with van der Waals surface area (Å²) in [5.74, 6) is 4.39.